The average Bonchev–Trinajstić information content (AvgIpc) is 3.30. The van der Waals surface area contributed by atoms with Crippen molar-refractivity contribution in [3.8, 4) is 0 Å². The molecule has 0 bridgehead atoms. The number of rotatable bonds is 10. The van der Waals surface area contributed by atoms with Crippen LogP contribution in [0.15, 0.2) is 82.3 Å². The van der Waals surface area contributed by atoms with E-state index < -0.39 is 28.4 Å². The molecule has 0 unspecified atom stereocenters. The molecule has 0 aliphatic heterocycles. The number of carbonyl (C=O) groups is 2. The molecule has 8 nitrogen and oxygen atoms in total. The van der Waals surface area contributed by atoms with Gasteiger partial charge in [-0.2, -0.15) is 0 Å². The molecule has 0 atom stereocenters. The van der Waals surface area contributed by atoms with E-state index in [4.69, 9.17) is 16.0 Å². The van der Waals surface area contributed by atoms with Crippen molar-refractivity contribution in [1.29, 1.82) is 0 Å². The molecule has 2 aromatic carbocycles. The van der Waals surface area contributed by atoms with Crippen LogP contribution in [0.4, 0.5) is 0 Å². The number of furan rings is 1. The lowest BCUT2D eigenvalue weighted by molar-refractivity contribution is -0.135. The molecule has 0 radical (unpaired) electrons. The van der Waals surface area contributed by atoms with Crippen molar-refractivity contribution in [2.45, 2.75) is 18.0 Å². The second kappa shape index (κ2) is 10.9. The number of nitrogens with zero attached hydrogens (tertiary/aromatic N) is 1. The molecular formula is C22H22ClN3O5S. The third-order valence-electron chi connectivity index (χ3n) is 4.48. The maximum absolute atomic E-state index is 12.8. The van der Waals surface area contributed by atoms with Crippen molar-refractivity contribution in [3.05, 3.63) is 89.3 Å². The molecule has 0 aliphatic rings. The summed E-state index contributed by atoms with van der Waals surface area (Å²) in [5.41, 5.74) is 0.806. The molecule has 3 aromatic rings. The van der Waals surface area contributed by atoms with Crippen molar-refractivity contribution in [3.63, 3.8) is 0 Å². The number of halogens is 1. The predicted octanol–water partition coefficient (Wildman–Crippen LogP) is 2.56. The van der Waals surface area contributed by atoms with Gasteiger partial charge in [0, 0.05) is 11.6 Å². The fourth-order valence-corrected chi connectivity index (χ4v) is 3.93. The highest BCUT2D eigenvalue weighted by Crippen LogP contribution is 2.14. The zero-order valence-electron chi connectivity index (χ0n) is 17.0. The van der Waals surface area contributed by atoms with Crippen LogP contribution in [-0.2, 0) is 32.7 Å². The Balaban J connectivity index is 1.65. The van der Waals surface area contributed by atoms with E-state index in [0.29, 0.717) is 10.8 Å². The summed E-state index contributed by atoms with van der Waals surface area (Å²) < 4.78 is 32.4. The largest absolute Gasteiger partial charge is 0.467 e. The van der Waals surface area contributed by atoms with Crippen LogP contribution in [0.3, 0.4) is 0 Å². The summed E-state index contributed by atoms with van der Waals surface area (Å²) in [6, 6.07) is 18.1. The van der Waals surface area contributed by atoms with Crippen molar-refractivity contribution in [2.24, 2.45) is 0 Å². The van der Waals surface area contributed by atoms with E-state index in [2.05, 4.69) is 10.0 Å². The van der Waals surface area contributed by atoms with Crippen molar-refractivity contribution >= 4 is 33.4 Å². The highest BCUT2D eigenvalue weighted by atomic mass is 35.5. The zero-order valence-corrected chi connectivity index (χ0v) is 18.6. The molecule has 0 fully saturated rings. The van der Waals surface area contributed by atoms with Crippen molar-refractivity contribution in [1.82, 2.24) is 14.9 Å². The molecule has 1 aromatic heterocycles. The number of hydrogen-bond acceptors (Lipinski definition) is 5. The van der Waals surface area contributed by atoms with Gasteiger partial charge in [-0.25, -0.2) is 13.1 Å². The Labute approximate surface area is 191 Å². The van der Waals surface area contributed by atoms with Crippen LogP contribution in [0, 0.1) is 0 Å². The number of hydrogen-bond donors (Lipinski definition) is 2. The first-order valence-corrected chi connectivity index (χ1v) is 11.6. The Morgan fingerprint density at radius 1 is 0.969 bits per heavy atom. The van der Waals surface area contributed by atoms with Crippen LogP contribution in [0.2, 0.25) is 5.02 Å². The molecule has 32 heavy (non-hydrogen) atoms. The Morgan fingerprint density at radius 2 is 1.69 bits per heavy atom. The Kier molecular flexibility index (Phi) is 8.04. The van der Waals surface area contributed by atoms with E-state index in [1.165, 1.54) is 35.4 Å². The highest BCUT2D eigenvalue weighted by molar-refractivity contribution is 7.89. The molecule has 168 valence electrons. The lowest BCUT2D eigenvalue weighted by Crippen LogP contribution is -2.44. The summed E-state index contributed by atoms with van der Waals surface area (Å²) in [5.74, 6) is -0.360. The molecule has 0 spiro atoms. The third kappa shape index (κ3) is 6.94. The normalized spacial score (nSPS) is 11.2. The second-order valence-electron chi connectivity index (χ2n) is 6.87. The standard InChI is InChI=1S/C22H22ClN3O5S/c23-18-8-10-20(11-9-18)32(29,30)25-14-22(28)26(15-17-5-2-1-3-6-17)16-21(27)24-13-19-7-4-12-31-19/h1-12,25H,13-16H2,(H,24,27). The quantitative estimate of drug-likeness (QED) is 0.468. The third-order valence-corrected chi connectivity index (χ3v) is 6.15. The summed E-state index contributed by atoms with van der Waals surface area (Å²) in [7, 11) is -3.92. The molecule has 0 saturated heterocycles. The van der Waals surface area contributed by atoms with E-state index in [1.807, 2.05) is 30.3 Å². The minimum atomic E-state index is -3.92. The summed E-state index contributed by atoms with van der Waals surface area (Å²) in [5, 5.41) is 3.08. The summed E-state index contributed by atoms with van der Waals surface area (Å²) in [4.78, 5) is 26.5. The van der Waals surface area contributed by atoms with Gasteiger partial charge in [-0.15, -0.1) is 0 Å². The number of amides is 2. The van der Waals surface area contributed by atoms with Gasteiger partial charge in [0.25, 0.3) is 0 Å². The minimum absolute atomic E-state index is 0.0134. The average molecular weight is 476 g/mol. The maximum atomic E-state index is 12.8. The highest BCUT2D eigenvalue weighted by Gasteiger charge is 2.21. The second-order valence-corrected chi connectivity index (χ2v) is 9.07. The molecule has 10 heteroatoms. The molecule has 1 heterocycles. The minimum Gasteiger partial charge on any atom is -0.467 e. The van der Waals surface area contributed by atoms with Crippen molar-refractivity contribution < 1.29 is 22.4 Å². The molecule has 0 aliphatic carbocycles. The smallest absolute Gasteiger partial charge is 0.241 e. The monoisotopic (exact) mass is 475 g/mol. The summed E-state index contributed by atoms with van der Waals surface area (Å²) in [6.45, 7) is -0.403. The van der Waals surface area contributed by atoms with E-state index >= 15 is 0 Å². The van der Waals surface area contributed by atoms with Gasteiger partial charge in [-0.05, 0) is 42.0 Å². The number of sulfonamides is 1. The molecule has 2 amide bonds. The molecule has 0 saturated carbocycles. The van der Waals surface area contributed by atoms with Gasteiger partial charge < -0.3 is 14.6 Å². The van der Waals surface area contributed by atoms with E-state index in [9.17, 15) is 18.0 Å². The Hall–Kier alpha value is -3.14. The van der Waals surface area contributed by atoms with Crippen LogP contribution >= 0.6 is 11.6 Å². The molecular weight excluding hydrogens is 454 g/mol. The van der Waals surface area contributed by atoms with Crippen LogP contribution in [0.5, 0.6) is 0 Å². The van der Waals surface area contributed by atoms with Gasteiger partial charge in [0.1, 0.15) is 5.76 Å². The first kappa shape index (κ1) is 23.5. The van der Waals surface area contributed by atoms with E-state index in [0.717, 1.165) is 5.56 Å². The fourth-order valence-electron chi connectivity index (χ4n) is 2.83. The van der Waals surface area contributed by atoms with Gasteiger partial charge >= 0.3 is 0 Å². The number of nitrogens with one attached hydrogen (secondary N) is 2. The number of carbonyl (C=O) groups excluding carboxylic acids is 2. The predicted molar refractivity (Wildman–Crippen MR) is 119 cm³/mol. The summed E-state index contributed by atoms with van der Waals surface area (Å²) in [6.07, 6.45) is 1.50. The van der Waals surface area contributed by atoms with Gasteiger partial charge in [-0.1, -0.05) is 41.9 Å². The van der Waals surface area contributed by atoms with Gasteiger partial charge in [0.05, 0.1) is 30.8 Å². The topological polar surface area (TPSA) is 109 Å². The first-order chi connectivity index (χ1) is 15.3. The van der Waals surface area contributed by atoms with Crippen molar-refractivity contribution in [2.75, 3.05) is 13.1 Å². The van der Waals surface area contributed by atoms with Crippen LogP contribution in [-0.4, -0.2) is 38.2 Å². The summed E-state index contributed by atoms with van der Waals surface area (Å²) >= 11 is 5.79. The molecule has 3 rings (SSSR count). The Bertz CT molecular complexity index is 1130. The zero-order chi connectivity index (χ0) is 23.0. The van der Waals surface area contributed by atoms with Gasteiger partial charge in [0.15, 0.2) is 0 Å². The SMILES string of the molecule is O=C(CN(Cc1ccccc1)C(=O)CNS(=O)(=O)c1ccc(Cl)cc1)NCc1ccco1. The van der Waals surface area contributed by atoms with Crippen LogP contribution in [0.25, 0.3) is 0 Å². The maximum Gasteiger partial charge on any atom is 0.241 e. The fraction of sp³-hybridized carbons (Fsp3) is 0.182. The van der Waals surface area contributed by atoms with Crippen LogP contribution < -0.4 is 10.0 Å². The van der Waals surface area contributed by atoms with E-state index in [1.54, 1.807) is 12.1 Å². The molecule has 2 N–H and O–H groups in total. The van der Waals surface area contributed by atoms with Crippen LogP contribution in [0.1, 0.15) is 11.3 Å². The lowest BCUT2D eigenvalue weighted by Gasteiger charge is -2.22. The Morgan fingerprint density at radius 3 is 2.34 bits per heavy atom. The van der Waals surface area contributed by atoms with E-state index in [-0.39, 0.29) is 24.5 Å². The number of benzene rings is 2. The first-order valence-electron chi connectivity index (χ1n) is 9.69. The van der Waals surface area contributed by atoms with Gasteiger partial charge in [-0.3, -0.25) is 9.59 Å². The lowest BCUT2D eigenvalue weighted by atomic mass is 10.2. The van der Waals surface area contributed by atoms with Gasteiger partial charge in [0.2, 0.25) is 21.8 Å².